The zero-order valence-corrected chi connectivity index (χ0v) is 17.0. The van der Waals surface area contributed by atoms with Crippen molar-refractivity contribution in [2.24, 2.45) is 5.73 Å². The Morgan fingerprint density at radius 3 is 2.00 bits per heavy atom. The Morgan fingerprint density at radius 2 is 1.52 bits per heavy atom. The smallest absolute Gasteiger partial charge is 0.326 e. The topological polar surface area (TPSA) is 125 Å². The van der Waals surface area contributed by atoms with Crippen LogP contribution in [0.2, 0.25) is 0 Å². The largest absolute Gasteiger partial charge is 0.480 e. The van der Waals surface area contributed by atoms with Crippen molar-refractivity contribution >= 4 is 11.9 Å². The van der Waals surface area contributed by atoms with Crippen molar-refractivity contribution in [1.29, 1.82) is 0 Å². The van der Waals surface area contributed by atoms with Crippen molar-refractivity contribution in [2.45, 2.75) is 24.8 Å². The van der Waals surface area contributed by atoms with Gasteiger partial charge in [-0.25, -0.2) is 4.79 Å². The first kappa shape index (κ1) is 22.0. The third-order valence-corrected chi connectivity index (χ3v) is 5.05. The molecule has 1 heterocycles. The number of carboxylic acids is 1. The molecule has 7 nitrogen and oxygen atoms in total. The number of pyridine rings is 1. The number of nitrogens with one attached hydrogen (secondary N) is 2. The summed E-state index contributed by atoms with van der Waals surface area (Å²) in [4.78, 5) is 39.5. The highest BCUT2D eigenvalue weighted by atomic mass is 16.4. The summed E-state index contributed by atoms with van der Waals surface area (Å²) in [5, 5.41) is 11.7. The van der Waals surface area contributed by atoms with E-state index in [2.05, 4.69) is 10.3 Å². The van der Waals surface area contributed by atoms with Gasteiger partial charge in [0.15, 0.2) is 0 Å². The minimum absolute atomic E-state index is 0.136. The summed E-state index contributed by atoms with van der Waals surface area (Å²) >= 11 is 0. The molecule has 0 aliphatic carbocycles. The molecule has 0 saturated carbocycles. The molecular formula is C24H25N3O4. The lowest BCUT2D eigenvalue weighted by atomic mass is 9.88. The van der Waals surface area contributed by atoms with E-state index >= 15 is 0 Å². The lowest BCUT2D eigenvalue weighted by molar-refractivity contribution is -0.139. The molecule has 1 atom stereocenters. The van der Waals surface area contributed by atoms with E-state index in [-0.39, 0.29) is 17.9 Å². The van der Waals surface area contributed by atoms with Gasteiger partial charge in [-0.05, 0) is 42.6 Å². The summed E-state index contributed by atoms with van der Waals surface area (Å²) in [6.45, 7) is 0.315. The molecule has 2 aromatic carbocycles. The number of H-pyrrole nitrogens is 1. The van der Waals surface area contributed by atoms with Gasteiger partial charge in [-0.1, -0.05) is 60.7 Å². The fourth-order valence-corrected chi connectivity index (χ4v) is 3.49. The van der Waals surface area contributed by atoms with Crippen LogP contribution in [0, 0.1) is 0 Å². The van der Waals surface area contributed by atoms with E-state index in [4.69, 9.17) is 5.73 Å². The van der Waals surface area contributed by atoms with Gasteiger partial charge in [-0.2, -0.15) is 0 Å². The van der Waals surface area contributed by atoms with Gasteiger partial charge in [0.2, 0.25) is 0 Å². The maximum absolute atomic E-state index is 12.7. The second-order valence-electron chi connectivity index (χ2n) is 7.21. The van der Waals surface area contributed by atoms with Crippen LogP contribution in [0.3, 0.4) is 0 Å². The van der Waals surface area contributed by atoms with E-state index in [0.717, 1.165) is 11.1 Å². The number of aliphatic carboxylic acids is 1. The molecule has 7 heteroatoms. The summed E-state index contributed by atoms with van der Waals surface area (Å²) in [5.74, 6) is -2.11. The first-order chi connectivity index (χ1) is 15.0. The fourth-order valence-electron chi connectivity index (χ4n) is 3.49. The van der Waals surface area contributed by atoms with Crippen molar-refractivity contribution in [1.82, 2.24) is 10.3 Å². The third kappa shape index (κ3) is 5.46. The van der Waals surface area contributed by atoms with Crippen LogP contribution in [0.4, 0.5) is 0 Å². The standard InChI is InChI=1S/C24H25N3O4/c25-15-7-12-20(24(30)31)27-23(29)18-13-14-19(26-22(18)28)21(16-8-3-1-4-9-16)17-10-5-2-6-11-17/h1-6,8-11,13-14,20-21H,7,12,15,25H2,(H,26,28)(H,27,29)(H,30,31)/t20-/m0/s1. The quantitative estimate of drug-likeness (QED) is 0.424. The van der Waals surface area contributed by atoms with Crippen molar-refractivity contribution < 1.29 is 14.7 Å². The monoisotopic (exact) mass is 419 g/mol. The average molecular weight is 419 g/mol. The molecule has 0 bridgehead atoms. The number of benzene rings is 2. The van der Waals surface area contributed by atoms with Gasteiger partial charge in [-0.3, -0.25) is 9.59 Å². The van der Waals surface area contributed by atoms with Crippen LogP contribution in [0.5, 0.6) is 0 Å². The van der Waals surface area contributed by atoms with Gasteiger partial charge >= 0.3 is 5.97 Å². The Labute approximate surface area is 179 Å². The number of carbonyl (C=O) groups is 2. The second-order valence-corrected chi connectivity index (χ2v) is 7.21. The Kier molecular flexibility index (Phi) is 7.35. The van der Waals surface area contributed by atoms with E-state index in [1.165, 1.54) is 6.07 Å². The number of carbonyl (C=O) groups excluding carboxylic acids is 1. The number of carboxylic acid groups (broad SMARTS) is 1. The summed E-state index contributed by atoms with van der Waals surface area (Å²) in [7, 11) is 0. The van der Waals surface area contributed by atoms with Crippen molar-refractivity contribution in [3.63, 3.8) is 0 Å². The number of rotatable bonds is 9. The first-order valence-electron chi connectivity index (χ1n) is 10.1. The SMILES string of the molecule is NCCC[C@H](NC(=O)c1ccc(C(c2ccccc2)c2ccccc2)[nH]c1=O)C(=O)O. The van der Waals surface area contributed by atoms with Gasteiger partial charge in [0.05, 0.1) is 0 Å². The molecule has 0 saturated heterocycles. The lowest BCUT2D eigenvalue weighted by Gasteiger charge is -2.19. The Morgan fingerprint density at radius 1 is 0.935 bits per heavy atom. The summed E-state index contributed by atoms with van der Waals surface area (Å²) < 4.78 is 0. The molecule has 3 aromatic rings. The molecule has 0 unspecified atom stereocenters. The molecule has 1 amide bonds. The van der Waals surface area contributed by atoms with Crippen molar-refractivity contribution in [3.05, 3.63) is 106 Å². The maximum Gasteiger partial charge on any atom is 0.326 e. The normalized spacial score (nSPS) is 11.8. The van der Waals surface area contributed by atoms with Gasteiger partial charge in [0, 0.05) is 11.6 Å². The number of amides is 1. The lowest BCUT2D eigenvalue weighted by Crippen LogP contribution is -2.42. The summed E-state index contributed by atoms with van der Waals surface area (Å²) in [6.07, 6.45) is 0.639. The van der Waals surface area contributed by atoms with E-state index in [0.29, 0.717) is 18.7 Å². The van der Waals surface area contributed by atoms with Gasteiger partial charge < -0.3 is 21.1 Å². The minimum Gasteiger partial charge on any atom is -0.480 e. The number of hydrogen-bond donors (Lipinski definition) is 4. The predicted octanol–water partition coefficient (Wildman–Crippen LogP) is 2.48. The third-order valence-electron chi connectivity index (χ3n) is 5.05. The van der Waals surface area contributed by atoms with Crippen LogP contribution in [-0.2, 0) is 4.79 Å². The molecule has 5 N–H and O–H groups in total. The number of aromatic amines is 1. The Balaban J connectivity index is 1.91. The number of nitrogens with two attached hydrogens (primary N) is 1. The summed E-state index contributed by atoms with van der Waals surface area (Å²) in [6, 6.07) is 21.5. The molecule has 1 aromatic heterocycles. The maximum atomic E-state index is 12.7. The molecule has 160 valence electrons. The van der Waals surface area contributed by atoms with Crippen LogP contribution < -0.4 is 16.6 Å². The highest BCUT2D eigenvalue weighted by Gasteiger charge is 2.23. The molecule has 0 aliphatic heterocycles. The van der Waals surface area contributed by atoms with Gasteiger partial charge in [-0.15, -0.1) is 0 Å². The molecule has 0 aliphatic rings. The predicted molar refractivity (Wildman–Crippen MR) is 118 cm³/mol. The fraction of sp³-hybridized carbons (Fsp3) is 0.208. The van der Waals surface area contributed by atoms with Gasteiger partial charge in [0.1, 0.15) is 11.6 Å². The van der Waals surface area contributed by atoms with Crippen LogP contribution >= 0.6 is 0 Å². The highest BCUT2D eigenvalue weighted by molar-refractivity contribution is 5.96. The van der Waals surface area contributed by atoms with E-state index < -0.39 is 23.5 Å². The number of hydrogen-bond acceptors (Lipinski definition) is 4. The Hall–Kier alpha value is -3.71. The molecule has 0 radical (unpaired) electrons. The van der Waals surface area contributed by atoms with E-state index in [9.17, 15) is 19.5 Å². The first-order valence-corrected chi connectivity index (χ1v) is 10.1. The molecule has 31 heavy (non-hydrogen) atoms. The Bertz CT molecular complexity index is 1040. The van der Waals surface area contributed by atoms with Crippen molar-refractivity contribution in [2.75, 3.05) is 6.54 Å². The van der Waals surface area contributed by atoms with Gasteiger partial charge in [0.25, 0.3) is 11.5 Å². The average Bonchev–Trinajstić information content (AvgIpc) is 2.78. The zero-order valence-electron chi connectivity index (χ0n) is 17.0. The van der Waals surface area contributed by atoms with Crippen LogP contribution in [0.15, 0.2) is 77.6 Å². The minimum atomic E-state index is -1.16. The van der Waals surface area contributed by atoms with Crippen LogP contribution in [0.25, 0.3) is 0 Å². The summed E-state index contributed by atoms with van der Waals surface area (Å²) in [5.41, 5.74) is 7.34. The van der Waals surface area contributed by atoms with E-state index in [1.54, 1.807) is 6.07 Å². The van der Waals surface area contributed by atoms with Crippen molar-refractivity contribution in [3.8, 4) is 0 Å². The van der Waals surface area contributed by atoms with Crippen LogP contribution in [0.1, 0.15) is 45.9 Å². The number of aromatic nitrogens is 1. The highest BCUT2D eigenvalue weighted by Crippen LogP contribution is 2.30. The molecule has 3 rings (SSSR count). The second kappa shape index (κ2) is 10.4. The van der Waals surface area contributed by atoms with Crippen LogP contribution in [-0.4, -0.2) is 34.6 Å². The molecule has 0 fully saturated rings. The molecule has 0 spiro atoms. The molecular weight excluding hydrogens is 394 g/mol. The van der Waals surface area contributed by atoms with E-state index in [1.807, 2.05) is 60.7 Å². The zero-order chi connectivity index (χ0) is 22.2.